The van der Waals surface area contributed by atoms with Gasteiger partial charge in [0.25, 0.3) is 0 Å². The topological polar surface area (TPSA) is 42.9 Å². The van der Waals surface area contributed by atoms with Crippen LogP contribution in [0.15, 0.2) is 4.99 Å². The lowest BCUT2D eigenvalue weighted by Gasteiger charge is -2.36. The molecule has 2 atom stereocenters. The van der Waals surface area contributed by atoms with Gasteiger partial charge in [0.2, 0.25) is 0 Å². The minimum absolute atomic E-state index is 0.465. The summed E-state index contributed by atoms with van der Waals surface area (Å²) in [5.41, 5.74) is 0. The molecular formula is C15H33N5. The van der Waals surface area contributed by atoms with Gasteiger partial charge in [-0.25, -0.2) is 0 Å². The van der Waals surface area contributed by atoms with Gasteiger partial charge in [-0.15, -0.1) is 0 Å². The molecular weight excluding hydrogens is 250 g/mol. The summed E-state index contributed by atoms with van der Waals surface area (Å²) in [6.45, 7) is 15.2. The predicted molar refractivity (Wildman–Crippen MR) is 87.4 cm³/mol. The zero-order chi connectivity index (χ0) is 15.0. The van der Waals surface area contributed by atoms with E-state index in [0.717, 1.165) is 38.6 Å². The second-order valence-electron chi connectivity index (χ2n) is 5.86. The van der Waals surface area contributed by atoms with Gasteiger partial charge in [-0.2, -0.15) is 0 Å². The van der Waals surface area contributed by atoms with Gasteiger partial charge in [-0.3, -0.25) is 9.89 Å². The molecule has 0 saturated carbocycles. The van der Waals surface area contributed by atoms with Crippen molar-refractivity contribution in [3.05, 3.63) is 0 Å². The maximum absolute atomic E-state index is 4.73. The van der Waals surface area contributed by atoms with Gasteiger partial charge in [0.1, 0.15) is 0 Å². The van der Waals surface area contributed by atoms with Crippen molar-refractivity contribution in [3.63, 3.8) is 0 Å². The van der Waals surface area contributed by atoms with Gasteiger partial charge in [0.15, 0.2) is 5.96 Å². The maximum Gasteiger partial charge on any atom is 0.191 e. The molecule has 1 heterocycles. The Kier molecular flexibility index (Phi) is 7.92. The molecule has 0 amide bonds. The SMILES string of the molecule is CCNC(=NCC(C)N1CCN(C)CC1)NC(C)CC. The van der Waals surface area contributed by atoms with Crippen molar-refractivity contribution in [2.45, 2.75) is 46.2 Å². The molecule has 0 spiro atoms. The Hall–Kier alpha value is -0.810. The maximum atomic E-state index is 4.73. The predicted octanol–water partition coefficient (Wildman–Crippen LogP) is 0.976. The van der Waals surface area contributed by atoms with E-state index >= 15 is 0 Å². The van der Waals surface area contributed by atoms with Gasteiger partial charge >= 0.3 is 0 Å². The monoisotopic (exact) mass is 283 g/mol. The first kappa shape index (κ1) is 17.2. The number of hydrogen-bond acceptors (Lipinski definition) is 3. The van der Waals surface area contributed by atoms with Gasteiger partial charge in [0, 0.05) is 44.8 Å². The molecule has 0 aromatic rings. The fourth-order valence-corrected chi connectivity index (χ4v) is 2.26. The summed E-state index contributed by atoms with van der Waals surface area (Å²) in [7, 11) is 2.19. The first-order valence-corrected chi connectivity index (χ1v) is 8.04. The molecule has 20 heavy (non-hydrogen) atoms. The van der Waals surface area contributed by atoms with Crippen molar-refractivity contribution < 1.29 is 0 Å². The Morgan fingerprint density at radius 1 is 1.15 bits per heavy atom. The smallest absolute Gasteiger partial charge is 0.191 e. The van der Waals surface area contributed by atoms with Crippen LogP contribution in [0.2, 0.25) is 0 Å². The summed E-state index contributed by atoms with van der Waals surface area (Å²) in [5.74, 6) is 0.947. The van der Waals surface area contributed by atoms with Crippen LogP contribution in [0, 0.1) is 0 Å². The fourth-order valence-electron chi connectivity index (χ4n) is 2.26. The molecule has 0 aliphatic carbocycles. The average Bonchev–Trinajstić information content (AvgIpc) is 2.45. The normalized spacial score (nSPS) is 21.6. The number of aliphatic imine (C=N–C) groups is 1. The Morgan fingerprint density at radius 2 is 1.80 bits per heavy atom. The lowest BCUT2D eigenvalue weighted by atomic mass is 10.2. The second kappa shape index (κ2) is 9.19. The molecule has 1 saturated heterocycles. The van der Waals surface area contributed by atoms with Crippen molar-refractivity contribution in [3.8, 4) is 0 Å². The Morgan fingerprint density at radius 3 is 2.35 bits per heavy atom. The van der Waals surface area contributed by atoms with E-state index in [1.807, 2.05) is 0 Å². The second-order valence-corrected chi connectivity index (χ2v) is 5.86. The van der Waals surface area contributed by atoms with Crippen LogP contribution in [0.4, 0.5) is 0 Å². The lowest BCUT2D eigenvalue weighted by molar-refractivity contribution is 0.122. The third-order valence-electron chi connectivity index (χ3n) is 4.01. The Bertz CT molecular complexity index is 284. The Balaban J connectivity index is 2.44. The number of piperazine rings is 1. The summed E-state index contributed by atoms with van der Waals surface area (Å²) in [5, 5.41) is 6.77. The molecule has 1 aliphatic heterocycles. The molecule has 0 aromatic carbocycles. The molecule has 118 valence electrons. The zero-order valence-corrected chi connectivity index (χ0v) is 13.9. The van der Waals surface area contributed by atoms with Crippen molar-refractivity contribution in [1.82, 2.24) is 20.4 Å². The number of guanidine groups is 1. The largest absolute Gasteiger partial charge is 0.357 e. The Labute approximate surface area is 124 Å². The summed E-state index contributed by atoms with van der Waals surface area (Å²) >= 11 is 0. The van der Waals surface area contributed by atoms with E-state index in [9.17, 15) is 0 Å². The molecule has 0 bridgehead atoms. The summed E-state index contributed by atoms with van der Waals surface area (Å²) in [6.07, 6.45) is 1.11. The summed E-state index contributed by atoms with van der Waals surface area (Å²) in [6, 6.07) is 0.975. The van der Waals surface area contributed by atoms with Crippen LogP contribution in [-0.4, -0.2) is 74.2 Å². The standard InChI is InChI=1S/C15H33N5/c1-6-13(3)18-15(16-7-2)17-12-14(4)20-10-8-19(5)9-11-20/h13-14H,6-12H2,1-5H3,(H2,16,17,18). The molecule has 1 rings (SSSR count). The van der Waals surface area contributed by atoms with Crippen LogP contribution in [0.1, 0.15) is 34.1 Å². The highest BCUT2D eigenvalue weighted by Crippen LogP contribution is 2.05. The van der Waals surface area contributed by atoms with E-state index in [2.05, 4.69) is 55.2 Å². The van der Waals surface area contributed by atoms with E-state index < -0.39 is 0 Å². The molecule has 0 aromatic heterocycles. The quantitative estimate of drug-likeness (QED) is 0.563. The molecule has 2 N–H and O–H groups in total. The minimum Gasteiger partial charge on any atom is -0.357 e. The van der Waals surface area contributed by atoms with E-state index in [0.29, 0.717) is 12.1 Å². The van der Waals surface area contributed by atoms with E-state index in [4.69, 9.17) is 4.99 Å². The van der Waals surface area contributed by atoms with Crippen LogP contribution < -0.4 is 10.6 Å². The van der Waals surface area contributed by atoms with Gasteiger partial charge in [-0.1, -0.05) is 6.92 Å². The summed E-state index contributed by atoms with van der Waals surface area (Å²) in [4.78, 5) is 9.66. The third kappa shape index (κ3) is 6.09. The van der Waals surface area contributed by atoms with Crippen molar-refractivity contribution in [2.24, 2.45) is 4.99 Å². The molecule has 5 heteroatoms. The van der Waals surface area contributed by atoms with E-state index in [1.54, 1.807) is 0 Å². The highest BCUT2D eigenvalue weighted by molar-refractivity contribution is 5.80. The van der Waals surface area contributed by atoms with Crippen LogP contribution in [0.25, 0.3) is 0 Å². The van der Waals surface area contributed by atoms with Gasteiger partial charge in [-0.05, 0) is 34.2 Å². The first-order chi connectivity index (χ1) is 9.56. The zero-order valence-electron chi connectivity index (χ0n) is 13.9. The molecule has 1 fully saturated rings. The number of hydrogen-bond donors (Lipinski definition) is 2. The number of likely N-dealkylation sites (N-methyl/N-ethyl adjacent to an activating group) is 1. The van der Waals surface area contributed by atoms with E-state index in [1.165, 1.54) is 13.1 Å². The van der Waals surface area contributed by atoms with Crippen LogP contribution in [0.5, 0.6) is 0 Å². The molecule has 2 unspecified atom stereocenters. The van der Waals surface area contributed by atoms with Crippen molar-refractivity contribution in [1.29, 1.82) is 0 Å². The number of nitrogens with zero attached hydrogens (tertiary/aromatic N) is 3. The third-order valence-corrected chi connectivity index (χ3v) is 4.01. The minimum atomic E-state index is 0.465. The molecule has 5 nitrogen and oxygen atoms in total. The first-order valence-electron chi connectivity index (χ1n) is 8.04. The molecule has 1 aliphatic rings. The highest BCUT2D eigenvalue weighted by Gasteiger charge is 2.18. The summed E-state index contributed by atoms with van der Waals surface area (Å²) < 4.78 is 0. The van der Waals surface area contributed by atoms with Crippen molar-refractivity contribution in [2.75, 3.05) is 46.3 Å². The fraction of sp³-hybridized carbons (Fsp3) is 0.933. The van der Waals surface area contributed by atoms with Gasteiger partial charge in [0.05, 0.1) is 6.54 Å². The lowest BCUT2D eigenvalue weighted by Crippen LogP contribution is -2.49. The van der Waals surface area contributed by atoms with Crippen LogP contribution in [0.3, 0.4) is 0 Å². The highest BCUT2D eigenvalue weighted by atomic mass is 15.3. The van der Waals surface area contributed by atoms with Crippen molar-refractivity contribution >= 4 is 5.96 Å². The average molecular weight is 283 g/mol. The van der Waals surface area contributed by atoms with Crippen LogP contribution >= 0.6 is 0 Å². The van der Waals surface area contributed by atoms with Crippen LogP contribution in [-0.2, 0) is 0 Å². The molecule has 0 radical (unpaired) electrons. The number of rotatable bonds is 6. The number of nitrogens with one attached hydrogen (secondary N) is 2. The van der Waals surface area contributed by atoms with E-state index in [-0.39, 0.29) is 0 Å². The van der Waals surface area contributed by atoms with Gasteiger partial charge < -0.3 is 15.5 Å².